The zero-order valence-corrected chi connectivity index (χ0v) is 21.0. The molecular weight excluding hydrogens is 468 g/mol. The van der Waals surface area contributed by atoms with Gasteiger partial charge in [-0.05, 0) is 49.2 Å². The van der Waals surface area contributed by atoms with Gasteiger partial charge < -0.3 is 14.8 Å². The zero-order chi connectivity index (χ0) is 25.8. The fourth-order valence-electron chi connectivity index (χ4n) is 3.35. The van der Waals surface area contributed by atoms with E-state index in [1.165, 1.54) is 39.4 Å². The average Bonchev–Trinajstić information content (AvgIpc) is 2.84. The minimum atomic E-state index is -3.90. The Kier molecular flexibility index (Phi) is 7.93. The molecule has 1 N–H and O–H groups in total. The molecule has 0 fully saturated rings. The van der Waals surface area contributed by atoms with Crippen molar-refractivity contribution in [3.05, 3.63) is 89.0 Å². The lowest BCUT2D eigenvalue weighted by atomic mass is 10.1. The highest BCUT2D eigenvalue weighted by molar-refractivity contribution is 7.89. The largest absolute Gasteiger partial charge is 0.495 e. The number of esters is 1. The lowest BCUT2D eigenvalue weighted by molar-refractivity contribution is -0.125. The Morgan fingerprint density at radius 1 is 0.943 bits per heavy atom. The van der Waals surface area contributed by atoms with E-state index in [1.807, 2.05) is 32.0 Å². The number of ether oxygens (including phenoxy) is 2. The second-order valence-electron chi connectivity index (χ2n) is 8.16. The molecule has 0 aromatic heterocycles. The van der Waals surface area contributed by atoms with Gasteiger partial charge in [-0.1, -0.05) is 42.5 Å². The molecule has 3 rings (SSSR count). The fourth-order valence-corrected chi connectivity index (χ4v) is 4.42. The minimum absolute atomic E-state index is 0.0355. The first-order valence-electron chi connectivity index (χ1n) is 10.8. The van der Waals surface area contributed by atoms with Crippen LogP contribution in [0, 0.1) is 13.8 Å². The van der Waals surface area contributed by atoms with E-state index in [-0.39, 0.29) is 16.2 Å². The highest BCUT2D eigenvalue weighted by atomic mass is 32.2. The highest BCUT2D eigenvalue weighted by Crippen LogP contribution is 2.29. The third-order valence-corrected chi connectivity index (χ3v) is 7.21. The third kappa shape index (κ3) is 5.87. The van der Waals surface area contributed by atoms with Crippen LogP contribution in [0.3, 0.4) is 0 Å². The van der Waals surface area contributed by atoms with E-state index in [0.717, 1.165) is 15.4 Å². The number of carbonyl (C=O) groups is 2. The van der Waals surface area contributed by atoms with E-state index in [0.29, 0.717) is 11.3 Å². The van der Waals surface area contributed by atoms with Crippen LogP contribution in [0.2, 0.25) is 0 Å². The highest BCUT2D eigenvalue weighted by Gasteiger charge is 2.28. The lowest BCUT2D eigenvalue weighted by Crippen LogP contribution is -2.26. The first-order chi connectivity index (χ1) is 16.5. The molecule has 1 unspecified atom stereocenters. The van der Waals surface area contributed by atoms with Crippen LogP contribution in [0.1, 0.15) is 33.2 Å². The molecule has 1 amide bonds. The summed E-state index contributed by atoms with van der Waals surface area (Å²) in [5, 5.41) is 2.84. The van der Waals surface area contributed by atoms with E-state index in [2.05, 4.69) is 5.32 Å². The second kappa shape index (κ2) is 10.7. The standard InChI is InChI=1S/C26H28N2O6S/c1-17-11-12-18(2)21(15-17)27-25(29)24(19-9-7-6-8-10-19)34-26(30)20-13-14-22(33-5)23(16-20)35(31,32)28(3)4/h6-16,24H,1-5H3,(H,27,29). The van der Waals surface area contributed by atoms with E-state index >= 15 is 0 Å². The summed E-state index contributed by atoms with van der Waals surface area (Å²) >= 11 is 0. The van der Waals surface area contributed by atoms with Crippen molar-refractivity contribution in [2.24, 2.45) is 0 Å². The molecule has 0 heterocycles. The van der Waals surface area contributed by atoms with Crippen molar-refractivity contribution >= 4 is 27.6 Å². The number of methoxy groups -OCH3 is 1. The Bertz CT molecular complexity index is 1340. The summed E-state index contributed by atoms with van der Waals surface area (Å²) in [5.74, 6) is -1.30. The molecule has 0 aliphatic rings. The van der Waals surface area contributed by atoms with Gasteiger partial charge in [0, 0.05) is 25.3 Å². The second-order valence-corrected chi connectivity index (χ2v) is 10.3. The quantitative estimate of drug-likeness (QED) is 0.471. The number of rotatable bonds is 8. The van der Waals surface area contributed by atoms with Crippen molar-refractivity contribution in [3.8, 4) is 5.75 Å². The van der Waals surface area contributed by atoms with Crippen LogP contribution in [0.5, 0.6) is 5.75 Å². The Labute approximate surface area is 205 Å². The SMILES string of the molecule is COc1ccc(C(=O)OC(C(=O)Nc2cc(C)ccc2C)c2ccccc2)cc1S(=O)(=O)N(C)C. The zero-order valence-electron chi connectivity index (χ0n) is 20.2. The third-order valence-electron chi connectivity index (χ3n) is 5.37. The molecule has 3 aromatic rings. The van der Waals surface area contributed by atoms with Crippen molar-refractivity contribution in [1.82, 2.24) is 4.31 Å². The summed E-state index contributed by atoms with van der Waals surface area (Å²) in [4.78, 5) is 26.2. The van der Waals surface area contributed by atoms with Gasteiger partial charge in [-0.2, -0.15) is 0 Å². The Balaban J connectivity index is 1.96. The molecule has 0 spiro atoms. The summed E-state index contributed by atoms with van der Waals surface area (Å²) in [5.41, 5.74) is 2.86. The Morgan fingerprint density at radius 3 is 2.26 bits per heavy atom. The number of sulfonamides is 1. The molecule has 184 valence electrons. The number of hydrogen-bond donors (Lipinski definition) is 1. The normalized spacial score (nSPS) is 12.2. The van der Waals surface area contributed by atoms with Crippen molar-refractivity contribution in [2.75, 3.05) is 26.5 Å². The average molecular weight is 497 g/mol. The minimum Gasteiger partial charge on any atom is -0.495 e. The smallest absolute Gasteiger partial charge is 0.339 e. The van der Waals surface area contributed by atoms with Crippen molar-refractivity contribution < 1.29 is 27.5 Å². The Morgan fingerprint density at radius 2 is 1.63 bits per heavy atom. The number of hydrogen-bond acceptors (Lipinski definition) is 6. The molecule has 3 aromatic carbocycles. The summed E-state index contributed by atoms with van der Waals surface area (Å²) in [6.07, 6.45) is -1.26. The van der Waals surface area contributed by atoms with Crippen molar-refractivity contribution in [3.63, 3.8) is 0 Å². The predicted molar refractivity (Wildman–Crippen MR) is 133 cm³/mol. The van der Waals surface area contributed by atoms with Crippen LogP contribution in [0.25, 0.3) is 0 Å². The number of nitrogens with zero attached hydrogens (tertiary/aromatic N) is 1. The molecule has 0 radical (unpaired) electrons. The molecule has 0 aliphatic heterocycles. The molecule has 9 heteroatoms. The summed E-state index contributed by atoms with van der Waals surface area (Å²) in [7, 11) is 0.193. The van der Waals surface area contributed by atoms with Gasteiger partial charge in [-0.3, -0.25) is 4.79 Å². The van der Waals surface area contributed by atoms with Crippen LogP contribution >= 0.6 is 0 Å². The molecule has 35 heavy (non-hydrogen) atoms. The van der Waals surface area contributed by atoms with Gasteiger partial charge in [0.15, 0.2) is 0 Å². The molecule has 0 saturated carbocycles. The van der Waals surface area contributed by atoms with Crippen LogP contribution in [0.15, 0.2) is 71.6 Å². The van der Waals surface area contributed by atoms with E-state index < -0.39 is 28.0 Å². The topological polar surface area (TPSA) is 102 Å². The number of carbonyl (C=O) groups excluding carboxylic acids is 2. The molecule has 1 atom stereocenters. The maximum Gasteiger partial charge on any atom is 0.339 e. The van der Waals surface area contributed by atoms with Gasteiger partial charge in [0.25, 0.3) is 5.91 Å². The van der Waals surface area contributed by atoms with E-state index in [9.17, 15) is 18.0 Å². The number of amides is 1. The molecule has 0 aliphatic carbocycles. The summed E-state index contributed by atoms with van der Waals surface area (Å²) < 4.78 is 37.3. The van der Waals surface area contributed by atoms with Crippen LogP contribution in [-0.2, 0) is 19.6 Å². The van der Waals surface area contributed by atoms with Gasteiger partial charge in [-0.15, -0.1) is 0 Å². The first kappa shape index (κ1) is 25.9. The molecule has 8 nitrogen and oxygen atoms in total. The predicted octanol–water partition coefficient (Wildman–Crippen LogP) is 4.10. The maximum absolute atomic E-state index is 13.2. The van der Waals surface area contributed by atoms with Crippen molar-refractivity contribution in [1.29, 1.82) is 0 Å². The number of nitrogens with one attached hydrogen (secondary N) is 1. The molecular formula is C26H28N2O6S. The monoisotopic (exact) mass is 496 g/mol. The summed E-state index contributed by atoms with van der Waals surface area (Å²) in [6.45, 7) is 3.77. The number of benzene rings is 3. The fraction of sp³-hybridized carbons (Fsp3) is 0.231. The number of anilines is 1. The molecule has 0 bridgehead atoms. The van der Waals surface area contributed by atoms with E-state index in [1.54, 1.807) is 30.3 Å². The van der Waals surface area contributed by atoms with Crippen molar-refractivity contribution in [2.45, 2.75) is 24.8 Å². The first-order valence-corrected chi connectivity index (χ1v) is 12.2. The number of aryl methyl sites for hydroxylation is 2. The van der Waals surface area contributed by atoms with Gasteiger partial charge in [0.1, 0.15) is 10.6 Å². The van der Waals surface area contributed by atoms with Crippen LogP contribution in [-0.4, -0.2) is 45.8 Å². The van der Waals surface area contributed by atoms with E-state index in [4.69, 9.17) is 9.47 Å². The van der Waals surface area contributed by atoms with Crippen LogP contribution in [0.4, 0.5) is 5.69 Å². The Hall–Kier alpha value is -3.69. The summed E-state index contributed by atoms with van der Waals surface area (Å²) in [6, 6.07) is 18.2. The molecule has 0 saturated heterocycles. The van der Waals surface area contributed by atoms with Gasteiger partial charge in [0.05, 0.1) is 12.7 Å². The lowest BCUT2D eigenvalue weighted by Gasteiger charge is -2.20. The van der Waals surface area contributed by atoms with Gasteiger partial charge >= 0.3 is 5.97 Å². The van der Waals surface area contributed by atoms with Crippen LogP contribution < -0.4 is 10.1 Å². The maximum atomic E-state index is 13.2. The van der Waals surface area contributed by atoms with Gasteiger partial charge in [0.2, 0.25) is 16.1 Å². The van der Waals surface area contributed by atoms with Gasteiger partial charge in [-0.25, -0.2) is 17.5 Å².